The molecule has 1 aliphatic heterocycles. The molecular formula is C24H31ClN4O3. The maximum atomic E-state index is 12.9. The van der Waals surface area contributed by atoms with Crippen LogP contribution in [0.4, 0.5) is 21.9 Å². The fourth-order valence-electron chi connectivity index (χ4n) is 3.68. The number of halogens is 1. The molecule has 1 aliphatic rings. The minimum Gasteiger partial charge on any atom is -0.385 e. The summed E-state index contributed by atoms with van der Waals surface area (Å²) in [6.45, 7) is 4.86. The second-order valence-electron chi connectivity index (χ2n) is 7.92. The number of carbonyl (C=O) groups is 2. The number of nitrogens with one attached hydrogen (secondary N) is 3. The first-order valence-electron chi connectivity index (χ1n) is 11.0. The highest BCUT2D eigenvalue weighted by Gasteiger charge is 2.19. The van der Waals surface area contributed by atoms with Crippen LogP contribution < -0.4 is 20.9 Å². The maximum Gasteiger partial charge on any atom is 0.323 e. The van der Waals surface area contributed by atoms with Crippen LogP contribution in [0.1, 0.15) is 41.6 Å². The van der Waals surface area contributed by atoms with Gasteiger partial charge in [0.15, 0.2) is 0 Å². The Morgan fingerprint density at radius 1 is 1.03 bits per heavy atom. The first-order valence-corrected chi connectivity index (χ1v) is 11.4. The predicted molar refractivity (Wildman–Crippen MR) is 130 cm³/mol. The van der Waals surface area contributed by atoms with Crippen LogP contribution in [0.15, 0.2) is 36.4 Å². The summed E-state index contributed by atoms with van der Waals surface area (Å²) in [5.41, 5.74) is 3.53. The molecule has 0 unspecified atom stereocenters. The number of rotatable bonds is 8. The van der Waals surface area contributed by atoms with Crippen LogP contribution >= 0.6 is 11.6 Å². The van der Waals surface area contributed by atoms with E-state index in [0.717, 1.165) is 43.6 Å². The zero-order valence-electron chi connectivity index (χ0n) is 18.7. The maximum absolute atomic E-state index is 12.9. The van der Waals surface area contributed by atoms with Gasteiger partial charge in [0.1, 0.15) is 0 Å². The minimum atomic E-state index is -0.401. The number of aryl methyl sites for hydroxylation is 1. The lowest BCUT2D eigenvalue weighted by atomic mass is 10.1. The molecule has 3 amide bonds. The number of amides is 3. The SMILES string of the molecule is COCCCNC(=O)c1cc(NC(=O)Nc2ccc(C)c(Cl)c2)ccc1N1CCCCC1. The number of piperidine rings is 1. The van der Waals surface area contributed by atoms with Crippen molar-refractivity contribution in [3.05, 3.63) is 52.5 Å². The van der Waals surface area contributed by atoms with E-state index in [-0.39, 0.29) is 5.91 Å². The van der Waals surface area contributed by atoms with E-state index in [1.54, 1.807) is 25.3 Å². The Kier molecular flexibility index (Phi) is 8.76. The Balaban J connectivity index is 1.74. The summed E-state index contributed by atoms with van der Waals surface area (Å²) in [5.74, 6) is -0.156. The van der Waals surface area contributed by atoms with Crippen molar-refractivity contribution in [3.63, 3.8) is 0 Å². The number of hydrogen-bond acceptors (Lipinski definition) is 4. The summed E-state index contributed by atoms with van der Waals surface area (Å²) in [7, 11) is 1.64. The van der Waals surface area contributed by atoms with Gasteiger partial charge in [0.2, 0.25) is 0 Å². The summed E-state index contributed by atoms with van der Waals surface area (Å²) in [5, 5.41) is 9.13. The monoisotopic (exact) mass is 458 g/mol. The molecule has 1 fully saturated rings. The van der Waals surface area contributed by atoms with Gasteiger partial charge in [0, 0.05) is 55.4 Å². The average molecular weight is 459 g/mol. The smallest absolute Gasteiger partial charge is 0.323 e. The third-order valence-electron chi connectivity index (χ3n) is 5.44. The molecule has 3 N–H and O–H groups in total. The first-order chi connectivity index (χ1) is 15.5. The van der Waals surface area contributed by atoms with Gasteiger partial charge in [-0.25, -0.2) is 4.79 Å². The number of urea groups is 1. The molecule has 172 valence electrons. The molecular weight excluding hydrogens is 428 g/mol. The molecule has 0 saturated carbocycles. The van der Waals surface area contributed by atoms with E-state index in [1.807, 2.05) is 25.1 Å². The Bertz CT molecular complexity index is 945. The molecule has 32 heavy (non-hydrogen) atoms. The number of ether oxygens (including phenoxy) is 1. The number of carbonyl (C=O) groups excluding carboxylic acids is 2. The molecule has 3 rings (SSSR count). The van der Waals surface area contributed by atoms with Gasteiger partial charge >= 0.3 is 6.03 Å². The Morgan fingerprint density at radius 2 is 1.72 bits per heavy atom. The Morgan fingerprint density at radius 3 is 2.41 bits per heavy atom. The van der Waals surface area contributed by atoms with Crippen molar-refractivity contribution in [2.75, 3.05) is 48.9 Å². The number of benzene rings is 2. The normalized spacial score (nSPS) is 13.5. The van der Waals surface area contributed by atoms with Crippen LogP contribution in [0, 0.1) is 6.92 Å². The van der Waals surface area contributed by atoms with Crippen LogP contribution in [-0.2, 0) is 4.74 Å². The highest BCUT2D eigenvalue weighted by atomic mass is 35.5. The quantitative estimate of drug-likeness (QED) is 0.483. The fourth-order valence-corrected chi connectivity index (χ4v) is 3.86. The lowest BCUT2D eigenvalue weighted by Crippen LogP contribution is -2.33. The molecule has 8 heteroatoms. The zero-order valence-corrected chi connectivity index (χ0v) is 19.4. The number of hydrogen-bond donors (Lipinski definition) is 3. The van der Waals surface area contributed by atoms with Gasteiger partial charge in [-0.1, -0.05) is 17.7 Å². The molecule has 0 atom stereocenters. The van der Waals surface area contributed by atoms with Crippen LogP contribution in [0.2, 0.25) is 5.02 Å². The number of nitrogens with zero attached hydrogens (tertiary/aromatic N) is 1. The van der Waals surface area contributed by atoms with E-state index >= 15 is 0 Å². The summed E-state index contributed by atoms with van der Waals surface area (Å²) >= 11 is 6.14. The lowest BCUT2D eigenvalue weighted by Gasteiger charge is -2.30. The highest BCUT2D eigenvalue weighted by Crippen LogP contribution is 2.27. The molecule has 0 radical (unpaired) electrons. The molecule has 0 bridgehead atoms. The number of methoxy groups -OCH3 is 1. The van der Waals surface area contributed by atoms with Crippen molar-refractivity contribution >= 4 is 40.6 Å². The van der Waals surface area contributed by atoms with Gasteiger partial charge in [0.05, 0.1) is 5.56 Å². The van der Waals surface area contributed by atoms with Crippen molar-refractivity contribution in [3.8, 4) is 0 Å². The van der Waals surface area contributed by atoms with Crippen LogP contribution in [0.3, 0.4) is 0 Å². The first kappa shape index (κ1) is 23.9. The van der Waals surface area contributed by atoms with E-state index in [2.05, 4.69) is 20.9 Å². The molecule has 1 heterocycles. The predicted octanol–water partition coefficient (Wildman–Crippen LogP) is 5.05. The van der Waals surface area contributed by atoms with Crippen molar-refractivity contribution in [2.45, 2.75) is 32.6 Å². The summed E-state index contributed by atoms with van der Waals surface area (Å²) < 4.78 is 5.05. The van der Waals surface area contributed by atoms with Crippen molar-refractivity contribution < 1.29 is 14.3 Å². The molecule has 2 aromatic carbocycles. The Hall–Kier alpha value is -2.77. The second-order valence-corrected chi connectivity index (χ2v) is 8.33. The largest absolute Gasteiger partial charge is 0.385 e. The summed E-state index contributed by atoms with van der Waals surface area (Å²) in [6, 6.07) is 10.4. The standard InChI is InChI=1S/C24H31ClN4O3/c1-17-7-8-19(16-21(17)25)28-24(31)27-18-9-10-22(29-12-4-3-5-13-29)20(15-18)23(30)26-11-6-14-32-2/h7-10,15-16H,3-6,11-14H2,1-2H3,(H,26,30)(H2,27,28,31). The zero-order chi connectivity index (χ0) is 22.9. The van der Waals surface area contributed by atoms with Gasteiger partial charge in [0.25, 0.3) is 5.91 Å². The third-order valence-corrected chi connectivity index (χ3v) is 5.84. The van der Waals surface area contributed by atoms with Gasteiger partial charge < -0.3 is 25.6 Å². The van der Waals surface area contributed by atoms with Crippen molar-refractivity contribution in [1.29, 1.82) is 0 Å². The van der Waals surface area contributed by atoms with Gasteiger partial charge in [-0.2, -0.15) is 0 Å². The van der Waals surface area contributed by atoms with Gasteiger partial charge in [-0.15, -0.1) is 0 Å². The van der Waals surface area contributed by atoms with E-state index < -0.39 is 6.03 Å². The van der Waals surface area contributed by atoms with E-state index in [4.69, 9.17) is 16.3 Å². The van der Waals surface area contributed by atoms with E-state index in [9.17, 15) is 9.59 Å². The summed E-state index contributed by atoms with van der Waals surface area (Å²) in [4.78, 5) is 27.7. The third kappa shape index (κ3) is 6.61. The second kappa shape index (κ2) is 11.7. The number of anilines is 3. The van der Waals surface area contributed by atoms with E-state index in [1.165, 1.54) is 6.42 Å². The average Bonchev–Trinajstić information content (AvgIpc) is 2.79. The van der Waals surface area contributed by atoms with Crippen LogP contribution in [0.25, 0.3) is 0 Å². The lowest BCUT2D eigenvalue weighted by molar-refractivity contribution is 0.0949. The Labute approximate surface area is 194 Å². The van der Waals surface area contributed by atoms with Crippen molar-refractivity contribution in [1.82, 2.24) is 5.32 Å². The molecule has 7 nitrogen and oxygen atoms in total. The fraction of sp³-hybridized carbons (Fsp3) is 0.417. The molecule has 0 spiro atoms. The molecule has 0 aromatic heterocycles. The van der Waals surface area contributed by atoms with Crippen LogP contribution in [-0.4, -0.2) is 45.3 Å². The highest BCUT2D eigenvalue weighted by molar-refractivity contribution is 6.31. The summed E-state index contributed by atoms with van der Waals surface area (Å²) in [6.07, 6.45) is 4.16. The minimum absolute atomic E-state index is 0.156. The molecule has 0 aliphatic carbocycles. The molecule has 1 saturated heterocycles. The van der Waals surface area contributed by atoms with Gasteiger partial charge in [-0.3, -0.25) is 4.79 Å². The van der Waals surface area contributed by atoms with E-state index in [0.29, 0.717) is 35.1 Å². The molecule has 2 aromatic rings. The van der Waals surface area contributed by atoms with Crippen molar-refractivity contribution in [2.24, 2.45) is 0 Å². The van der Waals surface area contributed by atoms with Gasteiger partial charge in [-0.05, 0) is 68.5 Å². The topological polar surface area (TPSA) is 82.7 Å². The van der Waals surface area contributed by atoms with Crippen LogP contribution in [0.5, 0.6) is 0 Å².